The molecule has 6 N–H and O–H groups in total. The molecular formula is C10H15NO7S. The summed E-state index contributed by atoms with van der Waals surface area (Å²) in [6.07, 6.45) is 0.830. The molecule has 0 bridgehead atoms. The second-order valence-corrected chi connectivity index (χ2v) is 5.17. The van der Waals surface area contributed by atoms with E-state index in [0.717, 1.165) is 0 Å². The number of carboxylic acids is 1. The Balaban J connectivity index is 0.000000555. The molecule has 1 rings (SSSR count). The molecule has 108 valence electrons. The van der Waals surface area contributed by atoms with Crippen molar-refractivity contribution in [3.8, 4) is 11.5 Å². The fraction of sp³-hybridized carbons (Fsp3) is 0.300. The summed E-state index contributed by atoms with van der Waals surface area (Å²) in [5, 5.41) is 26.6. The van der Waals surface area contributed by atoms with E-state index in [2.05, 4.69) is 0 Å². The summed E-state index contributed by atoms with van der Waals surface area (Å²) < 4.78 is 25.9. The van der Waals surface area contributed by atoms with Crippen LogP contribution in [0.1, 0.15) is 5.56 Å². The van der Waals surface area contributed by atoms with Gasteiger partial charge in [-0.2, -0.15) is 8.42 Å². The maximum atomic E-state index is 10.4. The van der Waals surface area contributed by atoms with Gasteiger partial charge in [0.25, 0.3) is 10.1 Å². The average molecular weight is 293 g/mol. The van der Waals surface area contributed by atoms with Gasteiger partial charge >= 0.3 is 5.97 Å². The Morgan fingerprint density at radius 1 is 1.32 bits per heavy atom. The van der Waals surface area contributed by atoms with Crippen molar-refractivity contribution in [2.45, 2.75) is 12.5 Å². The molecule has 0 radical (unpaired) electrons. The molecule has 0 heterocycles. The van der Waals surface area contributed by atoms with Gasteiger partial charge in [0.1, 0.15) is 6.04 Å². The van der Waals surface area contributed by atoms with Crippen molar-refractivity contribution in [1.82, 2.24) is 0 Å². The largest absolute Gasteiger partial charge is 0.504 e. The summed E-state index contributed by atoms with van der Waals surface area (Å²) in [6, 6.07) is 3.09. The Hall–Kier alpha value is -1.84. The summed E-state index contributed by atoms with van der Waals surface area (Å²) >= 11 is 0. The summed E-state index contributed by atoms with van der Waals surface area (Å²) in [6.45, 7) is 0. The number of aliphatic carboxylic acids is 1. The maximum Gasteiger partial charge on any atom is 0.320 e. The van der Waals surface area contributed by atoms with Crippen LogP contribution in [0.25, 0.3) is 0 Å². The van der Waals surface area contributed by atoms with Gasteiger partial charge in [-0.3, -0.25) is 9.35 Å². The zero-order chi connectivity index (χ0) is 15.2. The quantitative estimate of drug-likeness (QED) is 0.370. The zero-order valence-electron chi connectivity index (χ0n) is 10.0. The third-order valence-corrected chi connectivity index (χ3v) is 1.81. The minimum Gasteiger partial charge on any atom is -0.504 e. The Labute approximate surface area is 109 Å². The highest BCUT2D eigenvalue weighted by atomic mass is 32.2. The van der Waals surface area contributed by atoms with Gasteiger partial charge in [-0.05, 0) is 24.1 Å². The van der Waals surface area contributed by atoms with Crippen LogP contribution in [0.4, 0.5) is 0 Å². The second-order valence-electron chi connectivity index (χ2n) is 3.70. The minimum atomic E-state index is -3.67. The predicted molar refractivity (Wildman–Crippen MR) is 66.6 cm³/mol. The first kappa shape index (κ1) is 17.2. The molecule has 0 fully saturated rings. The van der Waals surface area contributed by atoms with E-state index in [0.29, 0.717) is 11.8 Å². The SMILES string of the molecule is CS(=O)(=O)O.N[C@@H](Cc1ccc(O)c(O)c1)C(=O)O. The first-order valence-electron chi connectivity index (χ1n) is 4.92. The third kappa shape index (κ3) is 8.83. The van der Waals surface area contributed by atoms with E-state index in [4.69, 9.17) is 25.6 Å². The van der Waals surface area contributed by atoms with Crippen LogP contribution in [-0.2, 0) is 21.3 Å². The second kappa shape index (κ2) is 6.92. The van der Waals surface area contributed by atoms with Gasteiger partial charge in [0.05, 0.1) is 6.26 Å². The van der Waals surface area contributed by atoms with Gasteiger partial charge in [0, 0.05) is 0 Å². The number of phenolic OH excluding ortho intramolecular Hbond substituents is 2. The van der Waals surface area contributed by atoms with Gasteiger partial charge < -0.3 is 21.1 Å². The Bertz CT molecular complexity index is 533. The van der Waals surface area contributed by atoms with Crippen LogP contribution in [-0.4, -0.2) is 46.6 Å². The van der Waals surface area contributed by atoms with E-state index in [1.165, 1.54) is 18.2 Å². The number of nitrogens with two attached hydrogens (primary N) is 1. The van der Waals surface area contributed by atoms with Crippen LogP contribution < -0.4 is 5.73 Å². The molecule has 9 heteroatoms. The van der Waals surface area contributed by atoms with Crippen LogP contribution in [0.5, 0.6) is 11.5 Å². The van der Waals surface area contributed by atoms with Crippen molar-refractivity contribution in [1.29, 1.82) is 0 Å². The molecule has 1 aromatic rings. The molecule has 1 atom stereocenters. The monoisotopic (exact) mass is 293 g/mol. The minimum absolute atomic E-state index is 0.114. The van der Waals surface area contributed by atoms with Crippen LogP contribution in [0.2, 0.25) is 0 Å². The standard InChI is InChI=1S/C9H11NO4.CH4O3S/c10-6(9(13)14)3-5-1-2-7(11)8(12)4-5;1-5(2,3)4/h1-2,4,6,11-12H,3,10H2,(H,13,14);1H3,(H,2,3,4)/t6-;/m0./s1. The first-order chi connectivity index (χ1) is 8.50. The number of carbonyl (C=O) groups is 1. The lowest BCUT2D eigenvalue weighted by atomic mass is 10.1. The lowest BCUT2D eigenvalue weighted by molar-refractivity contribution is -0.138. The lowest BCUT2D eigenvalue weighted by Gasteiger charge is -2.06. The number of benzene rings is 1. The van der Waals surface area contributed by atoms with Crippen LogP contribution in [0, 0.1) is 0 Å². The highest BCUT2D eigenvalue weighted by Gasteiger charge is 2.12. The molecule has 0 saturated heterocycles. The van der Waals surface area contributed by atoms with E-state index in [1.54, 1.807) is 0 Å². The molecule has 0 aliphatic carbocycles. The zero-order valence-corrected chi connectivity index (χ0v) is 10.8. The van der Waals surface area contributed by atoms with Crippen molar-refractivity contribution in [3.05, 3.63) is 23.8 Å². The van der Waals surface area contributed by atoms with Crippen LogP contribution in [0.3, 0.4) is 0 Å². The van der Waals surface area contributed by atoms with E-state index >= 15 is 0 Å². The highest BCUT2D eigenvalue weighted by molar-refractivity contribution is 7.85. The van der Waals surface area contributed by atoms with Crippen molar-refractivity contribution in [2.24, 2.45) is 5.73 Å². The predicted octanol–water partition coefficient (Wildman–Crippen LogP) is -0.444. The van der Waals surface area contributed by atoms with Gasteiger partial charge in [-0.25, -0.2) is 0 Å². The van der Waals surface area contributed by atoms with Crippen LogP contribution >= 0.6 is 0 Å². The van der Waals surface area contributed by atoms with Crippen molar-refractivity contribution in [3.63, 3.8) is 0 Å². The van der Waals surface area contributed by atoms with Gasteiger partial charge in [-0.1, -0.05) is 6.07 Å². The molecule has 19 heavy (non-hydrogen) atoms. The molecule has 0 aromatic heterocycles. The van der Waals surface area contributed by atoms with Gasteiger partial charge in [0.15, 0.2) is 11.5 Å². The molecule has 0 unspecified atom stereocenters. The fourth-order valence-corrected chi connectivity index (χ4v) is 1.04. The normalized spacial score (nSPS) is 12.2. The van der Waals surface area contributed by atoms with E-state index in [9.17, 15) is 13.2 Å². The van der Waals surface area contributed by atoms with E-state index < -0.39 is 22.1 Å². The average Bonchev–Trinajstić information content (AvgIpc) is 2.21. The molecule has 8 nitrogen and oxygen atoms in total. The summed E-state index contributed by atoms with van der Waals surface area (Å²) in [5.74, 6) is -1.62. The molecular weight excluding hydrogens is 278 g/mol. The number of carboxylic acid groups (broad SMARTS) is 1. The highest BCUT2D eigenvalue weighted by Crippen LogP contribution is 2.25. The molecule has 0 aliphatic heterocycles. The Kier molecular flexibility index (Phi) is 6.25. The number of hydrogen-bond acceptors (Lipinski definition) is 6. The molecule has 0 amide bonds. The topological polar surface area (TPSA) is 158 Å². The van der Waals surface area contributed by atoms with Crippen molar-refractivity contribution < 1.29 is 33.1 Å². The summed E-state index contributed by atoms with van der Waals surface area (Å²) in [7, 11) is -3.67. The lowest BCUT2D eigenvalue weighted by Crippen LogP contribution is -2.32. The van der Waals surface area contributed by atoms with E-state index in [1.807, 2.05) is 0 Å². The fourth-order valence-electron chi connectivity index (χ4n) is 1.04. The first-order valence-corrected chi connectivity index (χ1v) is 6.77. The van der Waals surface area contributed by atoms with Crippen molar-refractivity contribution in [2.75, 3.05) is 6.26 Å². The molecule has 0 spiro atoms. The van der Waals surface area contributed by atoms with Crippen molar-refractivity contribution >= 4 is 16.1 Å². The maximum absolute atomic E-state index is 10.4. The Morgan fingerprint density at radius 2 is 1.79 bits per heavy atom. The van der Waals surface area contributed by atoms with E-state index in [-0.39, 0.29) is 17.9 Å². The number of hydrogen-bond donors (Lipinski definition) is 5. The number of aromatic hydroxyl groups is 2. The molecule has 0 aliphatic rings. The number of phenols is 2. The summed E-state index contributed by atoms with van der Waals surface area (Å²) in [5.41, 5.74) is 5.86. The third-order valence-electron chi connectivity index (χ3n) is 1.81. The van der Waals surface area contributed by atoms with Gasteiger partial charge in [0.2, 0.25) is 0 Å². The van der Waals surface area contributed by atoms with Gasteiger partial charge in [-0.15, -0.1) is 0 Å². The Morgan fingerprint density at radius 3 is 2.16 bits per heavy atom. The molecule has 1 aromatic carbocycles. The number of rotatable bonds is 3. The summed E-state index contributed by atoms with van der Waals surface area (Å²) in [4.78, 5) is 10.4. The molecule has 0 saturated carbocycles. The van der Waals surface area contributed by atoms with Crippen LogP contribution in [0.15, 0.2) is 18.2 Å². The smallest absolute Gasteiger partial charge is 0.320 e.